The van der Waals surface area contributed by atoms with Crippen LogP contribution in [0.4, 0.5) is 11.8 Å². The summed E-state index contributed by atoms with van der Waals surface area (Å²) in [5, 5.41) is 6.45. The Labute approximate surface area is 172 Å². The smallest absolute Gasteiger partial charge is 0.227 e. The van der Waals surface area contributed by atoms with Gasteiger partial charge in [-0.3, -0.25) is 0 Å². The van der Waals surface area contributed by atoms with Crippen molar-refractivity contribution in [2.75, 3.05) is 24.2 Å². The van der Waals surface area contributed by atoms with Crippen LogP contribution < -0.4 is 10.6 Å². The molecule has 4 aromatic rings. The summed E-state index contributed by atoms with van der Waals surface area (Å²) < 4.78 is 1.60. The number of nitrogens with two attached hydrogens (primary N) is 1. The van der Waals surface area contributed by atoms with Gasteiger partial charge in [-0.05, 0) is 31.2 Å². The number of nitrogens with zero attached hydrogens (tertiary/aromatic N) is 5. The van der Waals surface area contributed by atoms with Gasteiger partial charge in [0.05, 0.1) is 21.8 Å². The lowest BCUT2D eigenvalue weighted by molar-refractivity contribution is 0.885. The maximum absolute atomic E-state index is 6.49. The molecule has 0 aliphatic carbocycles. The lowest BCUT2D eigenvalue weighted by atomic mass is 10.1. The van der Waals surface area contributed by atoms with Crippen LogP contribution >= 0.6 is 23.2 Å². The fraction of sp³-hybridized carbons (Fsp3) is 0.150. The van der Waals surface area contributed by atoms with Gasteiger partial charge in [-0.2, -0.15) is 4.98 Å². The van der Waals surface area contributed by atoms with Crippen molar-refractivity contribution in [1.82, 2.24) is 19.7 Å². The van der Waals surface area contributed by atoms with Crippen LogP contribution in [0.1, 0.15) is 6.92 Å². The summed E-state index contributed by atoms with van der Waals surface area (Å²) in [6.45, 7) is 2.78. The molecule has 0 saturated heterocycles. The molecule has 6 nitrogen and oxygen atoms in total. The molecule has 0 spiro atoms. The van der Waals surface area contributed by atoms with Crippen molar-refractivity contribution in [3.05, 3.63) is 58.6 Å². The molecule has 0 amide bonds. The summed E-state index contributed by atoms with van der Waals surface area (Å²) in [6.07, 6.45) is 0. The van der Waals surface area contributed by atoms with Gasteiger partial charge >= 0.3 is 0 Å². The normalized spacial score (nSPS) is 11.1. The molecule has 0 saturated carbocycles. The molecule has 0 aliphatic rings. The molecule has 0 atom stereocenters. The van der Waals surface area contributed by atoms with Gasteiger partial charge in [0.2, 0.25) is 5.95 Å². The Bertz CT molecular complexity index is 1170. The van der Waals surface area contributed by atoms with Crippen molar-refractivity contribution in [1.29, 1.82) is 0 Å². The lowest BCUT2D eigenvalue weighted by Crippen LogP contribution is -2.19. The SMILES string of the molecule is CCN(C)c1nc(-c2cccc(Cl)c2)c2c(N)n(-c3ccccc3Cl)nc2n1. The van der Waals surface area contributed by atoms with Crippen molar-refractivity contribution in [3.63, 3.8) is 0 Å². The van der Waals surface area contributed by atoms with E-state index in [1.54, 1.807) is 10.7 Å². The van der Waals surface area contributed by atoms with Crippen molar-refractivity contribution < 1.29 is 0 Å². The van der Waals surface area contributed by atoms with E-state index in [1.165, 1.54) is 0 Å². The van der Waals surface area contributed by atoms with Gasteiger partial charge in [0, 0.05) is 24.2 Å². The lowest BCUT2D eigenvalue weighted by Gasteiger charge is -2.15. The number of nitrogen functional groups attached to an aromatic ring is 1. The average molecular weight is 413 g/mol. The first-order valence-electron chi connectivity index (χ1n) is 8.77. The summed E-state index contributed by atoms with van der Waals surface area (Å²) in [6, 6.07) is 14.9. The summed E-state index contributed by atoms with van der Waals surface area (Å²) in [5.41, 5.74) is 9.19. The maximum Gasteiger partial charge on any atom is 0.227 e. The van der Waals surface area contributed by atoms with Gasteiger partial charge in [0.1, 0.15) is 5.82 Å². The number of halogens is 2. The van der Waals surface area contributed by atoms with E-state index in [2.05, 4.69) is 10.1 Å². The Balaban J connectivity index is 2.05. The number of aromatic nitrogens is 4. The number of hydrogen-bond acceptors (Lipinski definition) is 5. The molecule has 0 bridgehead atoms. The van der Waals surface area contributed by atoms with Gasteiger partial charge in [-0.15, -0.1) is 5.10 Å². The molecule has 0 radical (unpaired) electrons. The monoisotopic (exact) mass is 412 g/mol. The first-order valence-corrected chi connectivity index (χ1v) is 9.53. The minimum absolute atomic E-state index is 0.420. The highest BCUT2D eigenvalue weighted by molar-refractivity contribution is 6.32. The molecule has 0 aliphatic heterocycles. The van der Waals surface area contributed by atoms with E-state index in [9.17, 15) is 0 Å². The number of hydrogen-bond donors (Lipinski definition) is 1. The predicted molar refractivity (Wildman–Crippen MR) is 115 cm³/mol. The quantitative estimate of drug-likeness (QED) is 0.519. The third-order valence-corrected chi connectivity index (χ3v) is 5.11. The Hall–Kier alpha value is -2.83. The van der Waals surface area contributed by atoms with Crippen LogP contribution in [-0.2, 0) is 0 Å². The van der Waals surface area contributed by atoms with Crippen molar-refractivity contribution in [3.8, 4) is 16.9 Å². The standard InChI is InChI=1S/C20H18Cl2N6/c1-3-27(2)20-24-17(12-7-6-8-13(21)11-12)16-18(23)28(26-19(16)25-20)15-10-5-4-9-14(15)22/h4-11H,3,23H2,1-2H3. The van der Waals surface area contributed by atoms with E-state index in [0.717, 1.165) is 12.1 Å². The average Bonchev–Trinajstić information content (AvgIpc) is 3.03. The minimum Gasteiger partial charge on any atom is -0.383 e. The van der Waals surface area contributed by atoms with E-state index in [0.29, 0.717) is 44.2 Å². The van der Waals surface area contributed by atoms with Crippen LogP contribution in [0.3, 0.4) is 0 Å². The highest BCUT2D eigenvalue weighted by Gasteiger charge is 2.21. The zero-order valence-corrected chi connectivity index (χ0v) is 16.9. The number of rotatable bonds is 4. The van der Waals surface area contributed by atoms with Gasteiger partial charge in [0.25, 0.3) is 0 Å². The van der Waals surface area contributed by atoms with Gasteiger partial charge in [-0.25, -0.2) is 9.67 Å². The Morgan fingerprint density at radius 3 is 2.57 bits per heavy atom. The molecule has 0 unspecified atom stereocenters. The zero-order valence-electron chi connectivity index (χ0n) is 15.4. The van der Waals surface area contributed by atoms with Crippen LogP contribution in [-0.4, -0.2) is 33.3 Å². The Morgan fingerprint density at radius 2 is 1.86 bits per heavy atom. The predicted octanol–water partition coefficient (Wildman–Crippen LogP) is 4.83. The van der Waals surface area contributed by atoms with Crippen molar-refractivity contribution in [2.45, 2.75) is 6.92 Å². The number of fused-ring (bicyclic) bond motifs is 1. The molecule has 28 heavy (non-hydrogen) atoms. The summed E-state index contributed by atoms with van der Waals surface area (Å²) in [4.78, 5) is 11.3. The highest BCUT2D eigenvalue weighted by atomic mass is 35.5. The zero-order chi connectivity index (χ0) is 19.8. The molecule has 2 N–H and O–H groups in total. The first kappa shape index (κ1) is 18.5. The van der Waals surface area contributed by atoms with Crippen LogP contribution in [0.15, 0.2) is 48.5 Å². The number of benzene rings is 2. The summed E-state index contributed by atoms with van der Waals surface area (Å²) >= 11 is 12.6. The highest BCUT2D eigenvalue weighted by Crippen LogP contribution is 2.35. The topological polar surface area (TPSA) is 72.9 Å². The van der Waals surface area contributed by atoms with E-state index in [1.807, 2.05) is 61.3 Å². The fourth-order valence-electron chi connectivity index (χ4n) is 2.96. The number of anilines is 2. The van der Waals surface area contributed by atoms with Crippen molar-refractivity contribution >= 4 is 46.0 Å². The van der Waals surface area contributed by atoms with Gasteiger partial charge in [-0.1, -0.05) is 47.5 Å². The van der Waals surface area contributed by atoms with Crippen LogP contribution in [0.2, 0.25) is 10.0 Å². The van der Waals surface area contributed by atoms with Gasteiger partial charge in [0.15, 0.2) is 5.65 Å². The minimum atomic E-state index is 0.420. The van der Waals surface area contributed by atoms with Gasteiger partial charge < -0.3 is 10.6 Å². The molecule has 2 heterocycles. The second-order valence-corrected chi connectivity index (χ2v) is 7.19. The van der Waals surface area contributed by atoms with Crippen LogP contribution in [0, 0.1) is 0 Å². The van der Waals surface area contributed by atoms with Crippen molar-refractivity contribution in [2.24, 2.45) is 0 Å². The molecular weight excluding hydrogens is 395 g/mol. The van der Waals surface area contributed by atoms with E-state index < -0.39 is 0 Å². The first-order chi connectivity index (χ1) is 13.5. The molecular formula is C20H18Cl2N6. The molecule has 0 fully saturated rings. The van der Waals surface area contributed by atoms with Crippen LogP contribution in [0.25, 0.3) is 28.0 Å². The van der Waals surface area contributed by atoms with E-state index in [4.69, 9.17) is 33.9 Å². The van der Waals surface area contributed by atoms with E-state index in [-0.39, 0.29) is 0 Å². The molecule has 8 heteroatoms. The Kier molecular flexibility index (Phi) is 4.83. The molecule has 2 aromatic carbocycles. The maximum atomic E-state index is 6.49. The summed E-state index contributed by atoms with van der Waals surface area (Å²) in [7, 11) is 1.93. The van der Waals surface area contributed by atoms with Crippen LogP contribution in [0.5, 0.6) is 0 Å². The molecule has 142 valence electrons. The largest absolute Gasteiger partial charge is 0.383 e. The second kappa shape index (κ2) is 7.30. The summed E-state index contributed by atoms with van der Waals surface area (Å²) in [5.74, 6) is 0.984. The Morgan fingerprint density at radius 1 is 1.07 bits per heavy atom. The fourth-order valence-corrected chi connectivity index (χ4v) is 3.37. The molecule has 2 aromatic heterocycles. The number of para-hydroxylation sites is 1. The van der Waals surface area contributed by atoms with E-state index >= 15 is 0 Å². The second-order valence-electron chi connectivity index (χ2n) is 6.34. The third kappa shape index (κ3) is 3.15. The molecule has 4 rings (SSSR count). The third-order valence-electron chi connectivity index (χ3n) is 4.55.